The molecule has 1 rings (SSSR count). The van der Waals surface area contributed by atoms with Crippen LogP contribution >= 0.6 is 0 Å². The molecule has 19 heavy (non-hydrogen) atoms. The van der Waals surface area contributed by atoms with Gasteiger partial charge in [0.15, 0.2) is 0 Å². The molecule has 1 aromatic carbocycles. The van der Waals surface area contributed by atoms with E-state index in [0.29, 0.717) is 5.92 Å². The number of benzene rings is 1. The summed E-state index contributed by atoms with van der Waals surface area (Å²) in [5.74, 6) is 0.690. The van der Waals surface area contributed by atoms with E-state index in [4.69, 9.17) is 5.73 Å². The number of sulfonamides is 1. The Morgan fingerprint density at radius 1 is 1.32 bits per heavy atom. The van der Waals surface area contributed by atoms with Crippen LogP contribution in [-0.2, 0) is 10.0 Å². The molecule has 0 saturated carbocycles. The van der Waals surface area contributed by atoms with E-state index in [1.54, 1.807) is 12.1 Å². The number of nitrogens with two attached hydrogens (primary N) is 1. The third-order valence-electron chi connectivity index (χ3n) is 2.86. The summed E-state index contributed by atoms with van der Waals surface area (Å²) in [5.41, 5.74) is 6.87. The van der Waals surface area contributed by atoms with Gasteiger partial charge in [-0.25, -0.2) is 13.1 Å². The van der Waals surface area contributed by atoms with Gasteiger partial charge in [-0.1, -0.05) is 13.8 Å². The van der Waals surface area contributed by atoms with Crippen molar-refractivity contribution in [3.8, 4) is 0 Å². The molecule has 0 atom stereocenters. The highest BCUT2D eigenvalue weighted by Gasteiger charge is 2.14. The Morgan fingerprint density at radius 2 is 2.00 bits per heavy atom. The molecule has 0 aliphatic rings. The third-order valence-corrected chi connectivity index (χ3v) is 4.34. The van der Waals surface area contributed by atoms with Crippen LogP contribution in [0.2, 0.25) is 0 Å². The van der Waals surface area contributed by atoms with Crippen LogP contribution in [0.4, 0.5) is 11.4 Å². The van der Waals surface area contributed by atoms with Crippen LogP contribution < -0.4 is 15.8 Å². The van der Waals surface area contributed by atoms with Gasteiger partial charge in [0.25, 0.3) is 0 Å². The topological polar surface area (TPSA) is 84.2 Å². The van der Waals surface area contributed by atoms with Crippen molar-refractivity contribution >= 4 is 21.4 Å². The second kappa shape index (κ2) is 6.77. The van der Waals surface area contributed by atoms with Crippen molar-refractivity contribution in [3.05, 3.63) is 18.2 Å². The third kappa shape index (κ3) is 4.72. The van der Waals surface area contributed by atoms with Gasteiger partial charge in [-0.05, 0) is 44.0 Å². The molecular weight excluding hydrogens is 262 g/mol. The Bertz CT molecular complexity index is 513. The molecule has 0 aliphatic heterocycles. The van der Waals surface area contributed by atoms with Crippen LogP contribution in [0.1, 0.15) is 26.7 Å². The van der Waals surface area contributed by atoms with E-state index < -0.39 is 10.0 Å². The van der Waals surface area contributed by atoms with Gasteiger partial charge in [-0.3, -0.25) is 0 Å². The van der Waals surface area contributed by atoms with E-state index in [-0.39, 0.29) is 10.6 Å². The number of nitrogens with one attached hydrogen (secondary N) is 2. The van der Waals surface area contributed by atoms with Gasteiger partial charge < -0.3 is 11.1 Å². The number of anilines is 2. The van der Waals surface area contributed by atoms with Gasteiger partial charge in [-0.15, -0.1) is 0 Å². The minimum Gasteiger partial charge on any atom is -0.398 e. The van der Waals surface area contributed by atoms with E-state index in [9.17, 15) is 8.42 Å². The summed E-state index contributed by atoms with van der Waals surface area (Å²) >= 11 is 0. The van der Waals surface area contributed by atoms with Crippen LogP contribution in [0.25, 0.3) is 0 Å². The van der Waals surface area contributed by atoms with Gasteiger partial charge in [0.1, 0.15) is 4.90 Å². The van der Waals surface area contributed by atoms with Crippen molar-refractivity contribution in [1.29, 1.82) is 0 Å². The first-order valence-electron chi connectivity index (χ1n) is 6.43. The maximum atomic E-state index is 11.7. The fraction of sp³-hybridized carbons (Fsp3) is 0.538. The molecule has 0 aliphatic carbocycles. The quantitative estimate of drug-likeness (QED) is 0.528. The Labute approximate surface area is 115 Å². The first-order valence-corrected chi connectivity index (χ1v) is 7.92. The summed E-state index contributed by atoms with van der Waals surface area (Å²) in [7, 11) is -2.12. The van der Waals surface area contributed by atoms with Crippen molar-refractivity contribution in [2.45, 2.75) is 31.6 Å². The molecule has 6 heteroatoms. The second-order valence-corrected chi connectivity index (χ2v) is 6.78. The first-order chi connectivity index (χ1) is 8.86. The van der Waals surface area contributed by atoms with Crippen molar-refractivity contribution in [2.24, 2.45) is 5.92 Å². The molecule has 0 unspecified atom stereocenters. The molecule has 0 bridgehead atoms. The summed E-state index contributed by atoms with van der Waals surface area (Å²) in [4.78, 5) is 0.114. The normalized spacial score (nSPS) is 11.8. The van der Waals surface area contributed by atoms with Crippen molar-refractivity contribution < 1.29 is 8.42 Å². The maximum absolute atomic E-state index is 11.7. The number of nitrogen functional groups attached to an aromatic ring is 1. The van der Waals surface area contributed by atoms with Crippen molar-refractivity contribution in [3.63, 3.8) is 0 Å². The number of hydrogen-bond acceptors (Lipinski definition) is 4. The molecule has 0 radical (unpaired) electrons. The zero-order chi connectivity index (χ0) is 14.5. The fourth-order valence-electron chi connectivity index (χ4n) is 1.76. The lowest BCUT2D eigenvalue weighted by Crippen LogP contribution is -2.20. The molecular formula is C13H23N3O2S. The predicted molar refractivity (Wildman–Crippen MR) is 79.7 cm³/mol. The van der Waals surface area contributed by atoms with E-state index in [1.165, 1.54) is 13.1 Å². The highest BCUT2D eigenvalue weighted by Crippen LogP contribution is 2.22. The number of rotatable bonds is 7. The predicted octanol–water partition coefficient (Wildman–Crippen LogP) is 2.02. The Kier molecular flexibility index (Phi) is 5.62. The van der Waals surface area contributed by atoms with Crippen molar-refractivity contribution in [1.82, 2.24) is 4.72 Å². The van der Waals surface area contributed by atoms with E-state index in [0.717, 1.165) is 25.1 Å². The van der Waals surface area contributed by atoms with Crippen LogP contribution in [0.5, 0.6) is 0 Å². The molecule has 0 amide bonds. The van der Waals surface area contributed by atoms with Gasteiger partial charge >= 0.3 is 0 Å². The zero-order valence-electron chi connectivity index (χ0n) is 11.7. The van der Waals surface area contributed by atoms with Crippen molar-refractivity contribution in [2.75, 3.05) is 24.6 Å². The second-order valence-electron chi connectivity index (χ2n) is 4.92. The highest BCUT2D eigenvalue weighted by molar-refractivity contribution is 7.89. The Morgan fingerprint density at radius 3 is 2.53 bits per heavy atom. The lowest BCUT2D eigenvalue weighted by Gasteiger charge is -2.11. The standard InChI is InChI=1S/C13H23N3O2S/c1-10(2)5-4-8-16-11-6-7-13(12(14)9-11)19(17,18)15-3/h6-7,9-10,15-16H,4-5,8,14H2,1-3H3. The molecule has 108 valence electrons. The van der Waals surface area contributed by atoms with Gasteiger partial charge in [-0.2, -0.15) is 0 Å². The SMILES string of the molecule is CNS(=O)(=O)c1ccc(NCCCC(C)C)cc1N. The molecule has 0 aromatic heterocycles. The summed E-state index contributed by atoms with van der Waals surface area (Å²) in [5, 5.41) is 3.24. The van der Waals surface area contributed by atoms with E-state index in [2.05, 4.69) is 23.9 Å². The smallest absolute Gasteiger partial charge is 0.242 e. The van der Waals surface area contributed by atoms with E-state index in [1.807, 2.05) is 0 Å². The summed E-state index contributed by atoms with van der Waals surface area (Å²) in [6.07, 6.45) is 2.24. The Hall–Kier alpha value is -1.27. The molecule has 0 spiro atoms. The molecule has 1 aromatic rings. The van der Waals surface area contributed by atoms with Crippen LogP contribution in [0.3, 0.4) is 0 Å². The highest BCUT2D eigenvalue weighted by atomic mass is 32.2. The summed E-state index contributed by atoms with van der Waals surface area (Å²) in [6, 6.07) is 4.90. The molecule has 4 N–H and O–H groups in total. The van der Waals surface area contributed by atoms with Crippen LogP contribution in [0, 0.1) is 5.92 Å². The van der Waals surface area contributed by atoms with Gasteiger partial charge in [0, 0.05) is 12.2 Å². The maximum Gasteiger partial charge on any atom is 0.242 e. The summed E-state index contributed by atoms with van der Waals surface area (Å²) < 4.78 is 25.6. The minimum absolute atomic E-state index is 0.114. The molecule has 0 saturated heterocycles. The lowest BCUT2D eigenvalue weighted by atomic mass is 10.1. The van der Waals surface area contributed by atoms with Crippen LogP contribution in [0.15, 0.2) is 23.1 Å². The lowest BCUT2D eigenvalue weighted by molar-refractivity contribution is 0.567. The average molecular weight is 285 g/mol. The minimum atomic E-state index is -3.48. The van der Waals surface area contributed by atoms with Gasteiger partial charge in [0.2, 0.25) is 10.0 Å². The van der Waals surface area contributed by atoms with Crippen LogP contribution in [-0.4, -0.2) is 22.0 Å². The largest absolute Gasteiger partial charge is 0.398 e. The zero-order valence-corrected chi connectivity index (χ0v) is 12.5. The molecule has 0 heterocycles. The summed E-state index contributed by atoms with van der Waals surface area (Å²) in [6.45, 7) is 5.24. The molecule has 0 fully saturated rings. The first kappa shape index (κ1) is 15.8. The fourth-order valence-corrected chi connectivity index (χ4v) is 2.59. The monoisotopic (exact) mass is 285 g/mol. The number of hydrogen-bond donors (Lipinski definition) is 3. The Balaban J connectivity index is 2.67. The molecule has 5 nitrogen and oxygen atoms in total. The van der Waals surface area contributed by atoms with E-state index >= 15 is 0 Å². The van der Waals surface area contributed by atoms with Gasteiger partial charge in [0.05, 0.1) is 5.69 Å². The average Bonchev–Trinajstić information content (AvgIpc) is 2.34.